The van der Waals surface area contributed by atoms with E-state index in [-0.39, 0.29) is 12.3 Å². The van der Waals surface area contributed by atoms with Gasteiger partial charge >= 0.3 is 6.18 Å². The topological polar surface area (TPSA) is 106 Å². The summed E-state index contributed by atoms with van der Waals surface area (Å²) < 4.78 is 54.4. The monoisotopic (exact) mass is 418 g/mol. The quantitative estimate of drug-likeness (QED) is 0.660. The highest BCUT2D eigenvalue weighted by Crippen LogP contribution is 2.31. The maximum absolute atomic E-state index is 12.6. The van der Waals surface area contributed by atoms with Crippen LogP contribution in [0, 0.1) is 0 Å². The van der Waals surface area contributed by atoms with Gasteiger partial charge < -0.3 is 30.0 Å². The lowest BCUT2D eigenvalue weighted by molar-refractivity contribution is -0.208. The van der Waals surface area contributed by atoms with Crippen molar-refractivity contribution in [1.82, 2.24) is 5.32 Å². The van der Waals surface area contributed by atoms with Gasteiger partial charge in [0.15, 0.2) is 6.29 Å². The second kappa shape index (κ2) is 8.27. The summed E-state index contributed by atoms with van der Waals surface area (Å²) in [4.78, 5) is 23.9. The molecule has 2 bridgehead atoms. The predicted octanol–water partition coefficient (Wildman–Crippen LogP) is 1.04. The number of aliphatic hydroxyl groups excluding tert-OH is 1. The van der Waals surface area contributed by atoms with Crippen LogP contribution in [-0.4, -0.2) is 60.3 Å². The lowest BCUT2D eigenvalue weighted by Gasteiger charge is -2.39. The Balaban J connectivity index is 1.65. The van der Waals surface area contributed by atoms with Crippen molar-refractivity contribution in [3.05, 3.63) is 29.8 Å². The number of ether oxygens (including phenoxy) is 3. The summed E-state index contributed by atoms with van der Waals surface area (Å²) in [5.74, 6) is -1.02. The number of halogens is 3. The Morgan fingerprint density at radius 1 is 1.28 bits per heavy atom. The molecule has 0 radical (unpaired) electrons. The zero-order chi connectivity index (χ0) is 21.3. The average Bonchev–Trinajstić information content (AvgIpc) is 3.08. The normalized spacial score (nSPS) is 29.9. The van der Waals surface area contributed by atoms with E-state index in [1.807, 2.05) is 0 Å². The smallest absolute Gasteiger partial charge is 0.388 e. The summed E-state index contributed by atoms with van der Waals surface area (Å²) >= 11 is 0. The average molecular weight is 418 g/mol. The molecule has 160 valence electrons. The summed E-state index contributed by atoms with van der Waals surface area (Å²) in [5.41, 5.74) is -0.675. The molecule has 1 aromatic rings. The second-order valence-electron chi connectivity index (χ2n) is 6.90. The van der Waals surface area contributed by atoms with E-state index in [1.165, 1.54) is 13.8 Å². The first kappa shape index (κ1) is 21.5. The highest BCUT2D eigenvalue weighted by molar-refractivity contribution is 5.93. The molecule has 8 nitrogen and oxygen atoms in total. The van der Waals surface area contributed by atoms with Crippen molar-refractivity contribution in [1.29, 1.82) is 0 Å². The molecule has 11 heteroatoms. The SMILES string of the molecule is CC(=O)N[C@H]1[C@@H]2OC[C@@H](O2)[C@@H](O)[C@H]1O[C@H](C)C(=O)Nc1ccc(C(F)(F)F)cc1. The molecule has 1 aromatic carbocycles. The third-order valence-corrected chi connectivity index (χ3v) is 4.68. The maximum Gasteiger partial charge on any atom is 0.416 e. The van der Waals surface area contributed by atoms with Gasteiger partial charge in [0.25, 0.3) is 5.91 Å². The van der Waals surface area contributed by atoms with Gasteiger partial charge in [0.2, 0.25) is 5.91 Å². The molecule has 3 rings (SSSR count). The van der Waals surface area contributed by atoms with Crippen LogP contribution >= 0.6 is 0 Å². The van der Waals surface area contributed by atoms with Gasteiger partial charge in [0.05, 0.1) is 12.2 Å². The van der Waals surface area contributed by atoms with Gasteiger partial charge in [0.1, 0.15) is 30.5 Å². The number of anilines is 1. The Bertz CT molecular complexity index is 757. The van der Waals surface area contributed by atoms with Crippen molar-refractivity contribution < 1.29 is 42.1 Å². The molecule has 3 N–H and O–H groups in total. The number of rotatable bonds is 5. The van der Waals surface area contributed by atoms with Gasteiger partial charge in [-0.3, -0.25) is 9.59 Å². The van der Waals surface area contributed by atoms with Crippen LogP contribution in [0.4, 0.5) is 18.9 Å². The Morgan fingerprint density at radius 2 is 1.93 bits per heavy atom. The standard InChI is InChI=1S/C18H21F3N2O6/c1-8(16(26)23-11-5-3-10(4-6-11)18(19,20)21)28-15-13(22-9(2)24)17-27-7-12(29-17)14(15)25/h3-6,8,12-15,17,25H,7H2,1-2H3,(H,22,24)(H,23,26)/t8-,12-,13-,14-,15+,17-/m1/s1. The van der Waals surface area contributed by atoms with Gasteiger partial charge in [-0.2, -0.15) is 13.2 Å². The highest BCUT2D eigenvalue weighted by atomic mass is 19.4. The second-order valence-corrected chi connectivity index (χ2v) is 6.90. The first-order valence-electron chi connectivity index (χ1n) is 8.92. The summed E-state index contributed by atoms with van der Waals surface area (Å²) in [6, 6.07) is 3.13. The fourth-order valence-electron chi connectivity index (χ4n) is 3.22. The summed E-state index contributed by atoms with van der Waals surface area (Å²) in [7, 11) is 0. The van der Waals surface area contributed by atoms with E-state index >= 15 is 0 Å². The molecule has 2 saturated heterocycles. The van der Waals surface area contributed by atoms with Crippen LogP contribution in [0.25, 0.3) is 0 Å². The van der Waals surface area contributed by atoms with Crippen LogP contribution in [0.15, 0.2) is 24.3 Å². The van der Waals surface area contributed by atoms with Gasteiger partial charge in [-0.1, -0.05) is 0 Å². The molecule has 6 atom stereocenters. The van der Waals surface area contributed by atoms with E-state index in [2.05, 4.69) is 10.6 Å². The summed E-state index contributed by atoms with van der Waals surface area (Å²) in [6.45, 7) is 2.83. The molecule has 2 aliphatic rings. The molecule has 2 amide bonds. The van der Waals surface area contributed by atoms with Crippen LogP contribution in [-0.2, 0) is 30.0 Å². The van der Waals surface area contributed by atoms with Crippen LogP contribution in [0.3, 0.4) is 0 Å². The fourth-order valence-corrected chi connectivity index (χ4v) is 3.22. The van der Waals surface area contributed by atoms with Crippen molar-refractivity contribution in [2.45, 2.75) is 56.8 Å². The van der Waals surface area contributed by atoms with Gasteiger partial charge in [0, 0.05) is 12.6 Å². The number of fused-ring (bicyclic) bond motifs is 2. The molecule has 2 fully saturated rings. The number of nitrogens with one attached hydrogen (secondary N) is 2. The largest absolute Gasteiger partial charge is 0.416 e. The summed E-state index contributed by atoms with van der Waals surface area (Å²) in [5, 5.41) is 15.5. The maximum atomic E-state index is 12.6. The number of hydrogen-bond acceptors (Lipinski definition) is 6. The van der Waals surface area contributed by atoms with Gasteiger partial charge in [-0.05, 0) is 31.2 Å². The Labute approximate surface area is 164 Å². The van der Waals surface area contributed by atoms with Crippen molar-refractivity contribution in [2.75, 3.05) is 11.9 Å². The van der Waals surface area contributed by atoms with E-state index in [4.69, 9.17) is 14.2 Å². The lowest BCUT2D eigenvalue weighted by atomic mass is 9.98. The van der Waals surface area contributed by atoms with Crippen molar-refractivity contribution in [3.63, 3.8) is 0 Å². The Morgan fingerprint density at radius 3 is 2.52 bits per heavy atom. The zero-order valence-electron chi connectivity index (χ0n) is 15.6. The molecule has 0 aromatic heterocycles. The third-order valence-electron chi connectivity index (χ3n) is 4.68. The minimum absolute atomic E-state index is 0.119. The molecular formula is C18H21F3N2O6. The molecule has 0 spiro atoms. The Hall–Kier alpha value is -2.21. The number of carbonyl (C=O) groups excluding carboxylic acids is 2. The lowest BCUT2D eigenvalue weighted by Crippen LogP contribution is -2.62. The fraction of sp³-hybridized carbons (Fsp3) is 0.556. The molecule has 0 aliphatic carbocycles. The molecule has 2 aliphatic heterocycles. The number of amides is 2. The van der Waals surface area contributed by atoms with Gasteiger partial charge in [-0.25, -0.2) is 0 Å². The molecule has 29 heavy (non-hydrogen) atoms. The van der Waals surface area contributed by atoms with Crippen LogP contribution in [0.1, 0.15) is 19.4 Å². The minimum atomic E-state index is -4.47. The zero-order valence-corrected chi connectivity index (χ0v) is 15.6. The first-order chi connectivity index (χ1) is 13.6. The number of alkyl halides is 3. The number of carbonyl (C=O) groups is 2. The molecule has 0 saturated carbocycles. The van der Waals surface area contributed by atoms with Crippen LogP contribution < -0.4 is 10.6 Å². The number of benzene rings is 1. The Kier molecular flexibility index (Phi) is 6.13. The van der Waals surface area contributed by atoms with Crippen LogP contribution in [0.5, 0.6) is 0 Å². The molecular weight excluding hydrogens is 397 g/mol. The van der Waals surface area contributed by atoms with E-state index in [1.54, 1.807) is 0 Å². The van der Waals surface area contributed by atoms with Crippen molar-refractivity contribution in [2.24, 2.45) is 0 Å². The number of aliphatic hydroxyl groups is 1. The first-order valence-corrected chi connectivity index (χ1v) is 8.92. The van der Waals surface area contributed by atoms with Crippen molar-refractivity contribution >= 4 is 17.5 Å². The summed E-state index contributed by atoms with van der Waals surface area (Å²) in [6.07, 6.45) is -9.14. The van der Waals surface area contributed by atoms with E-state index in [0.717, 1.165) is 24.3 Å². The van der Waals surface area contributed by atoms with Gasteiger partial charge in [-0.15, -0.1) is 0 Å². The third kappa shape index (κ3) is 4.86. The highest BCUT2D eigenvalue weighted by Gasteiger charge is 2.52. The van der Waals surface area contributed by atoms with Crippen molar-refractivity contribution in [3.8, 4) is 0 Å². The predicted molar refractivity (Wildman–Crippen MR) is 92.6 cm³/mol. The molecule has 2 heterocycles. The van der Waals surface area contributed by atoms with E-state index < -0.39 is 60.3 Å². The van der Waals surface area contributed by atoms with Crippen LogP contribution in [0.2, 0.25) is 0 Å². The minimum Gasteiger partial charge on any atom is -0.388 e. The van der Waals surface area contributed by atoms with E-state index in [0.29, 0.717) is 0 Å². The number of hydrogen-bond donors (Lipinski definition) is 3. The van der Waals surface area contributed by atoms with E-state index in [9.17, 15) is 27.9 Å². The molecule has 0 unspecified atom stereocenters.